The Bertz CT molecular complexity index is 707. The summed E-state index contributed by atoms with van der Waals surface area (Å²) < 4.78 is 30.0. The molecule has 1 heterocycles. The van der Waals surface area contributed by atoms with Gasteiger partial charge in [-0.15, -0.1) is 9.35 Å². The Kier molecular flexibility index (Phi) is 3.73. The smallest absolute Gasteiger partial charge is 0.289 e. The quantitative estimate of drug-likeness (QED) is 0.703. The van der Waals surface area contributed by atoms with E-state index >= 15 is 0 Å². The second kappa shape index (κ2) is 5.11. The summed E-state index contributed by atoms with van der Waals surface area (Å²) in [5, 5.41) is 0.361. The average Bonchev–Trinajstić information content (AvgIpc) is 2.90. The van der Waals surface area contributed by atoms with Gasteiger partial charge in [-0.3, -0.25) is 14.4 Å². The van der Waals surface area contributed by atoms with E-state index in [1.807, 2.05) is 13.8 Å². The number of amides is 2. The number of nitrogens with zero attached hydrogens (tertiary/aromatic N) is 1. The molecule has 3 rings (SSSR count). The Morgan fingerprint density at radius 2 is 1.67 bits per heavy atom. The van der Waals surface area contributed by atoms with E-state index in [2.05, 4.69) is 0 Å². The molecule has 1 aliphatic heterocycles. The Morgan fingerprint density at radius 3 is 2.08 bits per heavy atom. The highest BCUT2D eigenvalue weighted by atomic mass is 32.2. The van der Waals surface area contributed by atoms with Crippen LogP contribution in [0.25, 0.3) is 0 Å². The van der Waals surface area contributed by atoms with Crippen LogP contribution < -0.4 is 0 Å². The van der Waals surface area contributed by atoms with Crippen LogP contribution in [0.15, 0.2) is 0 Å². The first kappa shape index (κ1) is 17.5. The molecule has 0 N–H and O–H groups in total. The molecule has 2 aliphatic carbocycles. The van der Waals surface area contributed by atoms with E-state index in [0.717, 1.165) is 6.42 Å². The second-order valence-corrected chi connectivity index (χ2v) is 9.54. The van der Waals surface area contributed by atoms with E-state index in [1.165, 1.54) is 0 Å². The maximum atomic E-state index is 12.5. The van der Waals surface area contributed by atoms with E-state index in [0.29, 0.717) is 17.9 Å². The molecule has 134 valence electrons. The zero-order valence-corrected chi connectivity index (χ0v) is 15.2. The standard InChI is InChI=1S/C16H23NO6S/c1-9-10(2)14(20)17(13(9)19)23-24(21,22)8-16-6-5-11(7-12(16)18)15(16,3)4/h9-11H,5-8H2,1-4H3. The molecule has 0 aromatic rings. The fourth-order valence-corrected chi connectivity index (χ4v) is 6.24. The van der Waals surface area contributed by atoms with Crippen molar-refractivity contribution in [3.63, 3.8) is 0 Å². The molecular formula is C16H23NO6S. The summed E-state index contributed by atoms with van der Waals surface area (Å²) in [4.78, 5) is 36.5. The highest BCUT2D eigenvalue weighted by molar-refractivity contribution is 7.86. The van der Waals surface area contributed by atoms with Gasteiger partial charge in [-0.2, -0.15) is 8.42 Å². The highest BCUT2D eigenvalue weighted by Crippen LogP contribution is 2.64. The van der Waals surface area contributed by atoms with Crippen LogP contribution in [0.3, 0.4) is 0 Å². The van der Waals surface area contributed by atoms with Gasteiger partial charge in [0.15, 0.2) is 0 Å². The third-order valence-electron chi connectivity index (χ3n) is 6.68. The molecular weight excluding hydrogens is 334 g/mol. The van der Waals surface area contributed by atoms with Crippen molar-refractivity contribution in [2.24, 2.45) is 28.6 Å². The van der Waals surface area contributed by atoms with Crippen molar-refractivity contribution in [2.45, 2.75) is 47.0 Å². The van der Waals surface area contributed by atoms with Gasteiger partial charge in [0.05, 0.1) is 11.2 Å². The monoisotopic (exact) mass is 357 g/mol. The van der Waals surface area contributed by atoms with Crippen LogP contribution >= 0.6 is 0 Å². The third kappa shape index (κ3) is 2.19. The van der Waals surface area contributed by atoms with Crippen LogP contribution in [0.2, 0.25) is 0 Å². The van der Waals surface area contributed by atoms with E-state index in [1.54, 1.807) is 13.8 Å². The maximum absolute atomic E-state index is 12.5. The Morgan fingerprint density at radius 1 is 1.12 bits per heavy atom. The van der Waals surface area contributed by atoms with Crippen molar-refractivity contribution in [3.8, 4) is 0 Å². The number of hydroxylamine groups is 2. The van der Waals surface area contributed by atoms with Gasteiger partial charge >= 0.3 is 0 Å². The number of imide groups is 1. The molecule has 8 heteroatoms. The normalized spacial score (nSPS) is 38.4. The molecule has 4 unspecified atom stereocenters. The molecule has 1 saturated heterocycles. The minimum absolute atomic E-state index is 0.0586. The molecule has 3 fully saturated rings. The number of Topliss-reactive ketones (excluding diaryl/α,β-unsaturated/α-hetero) is 1. The Hall–Kier alpha value is -1.28. The van der Waals surface area contributed by atoms with Gasteiger partial charge in [-0.1, -0.05) is 27.7 Å². The van der Waals surface area contributed by atoms with Gasteiger partial charge in [-0.05, 0) is 24.2 Å². The van der Waals surface area contributed by atoms with E-state index < -0.39 is 50.4 Å². The fourth-order valence-electron chi connectivity index (χ4n) is 4.53. The first-order chi connectivity index (χ1) is 10.9. The molecule has 3 aliphatic rings. The van der Waals surface area contributed by atoms with Crippen molar-refractivity contribution < 1.29 is 27.1 Å². The zero-order chi connectivity index (χ0) is 18.1. The molecule has 0 spiro atoms. The minimum atomic E-state index is -4.25. The highest BCUT2D eigenvalue weighted by Gasteiger charge is 2.65. The summed E-state index contributed by atoms with van der Waals surface area (Å²) >= 11 is 0. The molecule has 0 radical (unpaired) electrons. The molecule has 0 aromatic carbocycles. The number of rotatable bonds is 4. The molecule has 2 bridgehead atoms. The Labute approximate surface area is 141 Å². The van der Waals surface area contributed by atoms with E-state index in [9.17, 15) is 22.8 Å². The minimum Gasteiger partial charge on any atom is -0.299 e. The molecule has 2 saturated carbocycles. The number of carbonyl (C=O) groups is 3. The number of carbonyl (C=O) groups excluding carboxylic acids is 3. The van der Waals surface area contributed by atoms with Gasteiger partial charge in [0.25, 0.3) is 21.9 Å². The summed E-state index contributed by atoms with van der Waals surface area (Å²) in [5.41, 5.74) is -1.42. The molecule has 2 amide bonds. The molecule has 7 nitrogen and oxygen atoms in total. The fraction of sp³-hybridized carbons (Fsp3) is 0.812. The lowest BCUT2D eigenvalue weighted by Gasteiger charge is -2.35. The number of hydrogen-bond acceptors (Lipinski definition) is 6. The topological polar surface area (TPSA) is 97.8 Å². The predicted octanol–water partition coefficient (Wildman–Crippen LogP) is 1.28. The number of fused-ring (bicyclic) bond motifs is 2. The first-order valence-corrected chi connectivity index (χ1v) is 9.84. The lowest BCUT2D eigenvalue weighted by Crippen LogP contribution is -2.44. The summed E-state index contributed by atoms with van der Waals surface area (Å²) in [7, 11) is -4.25. The van der Waals surface area contributed by atoms with Gasteiger partial charge < -0.3 is 0 Å². The van der Waals surface area contributed by atoms with Crippen LogP contribution in [0.4, 0.5) is 0 Å². The first-order valence-electron chi connectivity index (χ1n) is 8.26. The van der Waals surface area contributed by atoms with Crippen molar-refractivity contribution in [3.05, 3.63) is 0 Å². The van der Waals surface area contributed by atoms with Gasteiger partial charge in [0.1, 0.15) is 5.78 Å². The largest absolute Gasteiger partial charge is 0.299 e. The molecule has 0 aromatic heterocycles. The summed E-state index contributed by atoms with van der Waals surface area (Å²) in [6.07, 6.45) is 1.70. The van der Waals surface area contributed by atoms with E-state index in [-0.39, 0.29) is 11.7 Å². The maximum Gasteiger partial charge on any atom is 0.289 e. The summed E-state index contributed by atoms with van der Waals surface area (Å²) in [6, 6.07) is 0. The Balaban J connectivity index is 1.84. The van der Waals surface area contributed by atoms with Gasteiger partial charge in [-0.25, -0.2) is 0 Å². The van der Waals surface area contributed by atoms with Gasteiger partial charge in [0, 0.05) is 18.3 Å². The summed E-state index contributed by atoms with van der Waals surface area (Å²) in [6.45, 7) is 6.96. The van der Waals surface area contributed by atoms with Crippen LogP contribution in [0, 0.1) is 28.6 Å². The zero-order valence-electron chi connectivity index (χ0n) is 14.4. The van der Waals surface area contributed by atoms with Crippen molar-refractivity contribution in [1.82, 2.24) is 5.06 Å². The van der Waals surface area contributed by atoms with Crippen LogP contribution in [-0.4, -0.2) is 36.8 Å². The lowest BCUT2D eigenvalue weighted by molar-refractivity contribution is -0.165. The van der Waals surface area contributed by atoms with Crippen LogP contribution in [0.1, 0.15) is 47.0 Å². The van der Waals surface area contributed by atoms with Crippen molar-refractivity contribution in [1.29, 1.82) is 0 Å². The molecule has 4 atom stereocenters. The number of ketones is 1. The van der Waals surface area contributed by atoms with Gasteiger partial charge in [0.2, 0.25) is 0 Å². The SMILES string of the molecule is CC1C(=O)N(OS(=O)(=O)CC23CCC(CC2=O)C3(C)C)C(=O)C1C. The van der Waals surface area contributed by atoms with Crippen molar-refractivity contribution >= 4 is 27.7 Å². The van der Waals surface area contributed by atoms with Crippen molar-refractivity contribution in [2.75, 3.05) is 5.75 Å². The number of hydrogen-bond donors (Lipinski definition) is 0. The predicted molar refractivity (Wildman–Crippen MR) is 83.6 cm³/mol. The lowest BCUT2D eigenvalue weighted by atomic mass is 9.70. The van der Waals surface area contributed by atoms with E-state index in [4.69, 9.17) is 4.28 Å². The summed E-state index contributed by atoms with van der Waals surface area (Å²) in [5.74, 6) is -2.92. The molecule has 24 heavy (non-hydrogen) atoms. The van der Waals surface area contributed by atoms with Crippen LogP contribution in [0.5, 0.6) is 0 Å². The second-order valence-electron chi connectivity index (χ2n) is 7.99. The third-order valence-corrected chi connectivity index (χ3v) is 7.90. The average molecular weight is 357 g/mol. The van der Waals surface area contributed by atoms with Crippen LogP contribution in [-0.2, 0) is 28.8 Å².